The van der Waals surface area contributed by atoms with E-state index >= 15 is 0 Å². The number of methoxy groups -OCH3 is 1. The molecule has 6 heteroatoms. The predicted molar refractivity (Wildman–Crippen MR) is 67.4 cm³/mol. The van der Waals surface area contributed by atoms with E-state index in [9.17, 15) is 0 Å². The minimum Gasteiger partial charge on any atom is -0.480 e. The van der Waals surface area contributed by atoms with Crippen molar-refractivity contribution in [3.05, 3.63) is 10.7 Å². The minimum absolute atomic E-state index is 0.546. The van der Waals surface area contributed by atoms with Crippen LogP contribution in [0.15, 0.2) is 10.7 Å². The van der Waals surface area contributed by atoms with Gasteiger partial charge in [-0.05, 0) is 28.8 Å². The van der Waals surface area contributed by atoms with Crippen molar-refractivity contribution in [2.24, 2.45) is 0 Å². The van der Waals surface area contributed by atoms with E-state index in [0.29, 0.717) is 23.8 Å². The lowest BCUT2D eigenvalue weighted by Gasteiger charge is -2.21. The normalized spacial score (nSPS) is 14.9. The van der Waals surface area contributed by atoms with E-state index in [1.807, 2.05) is 0 Å². The third-order valence-corrected chi connectivity index (χ3v) is 3.18. The second-order valence-corrected chi connectivity index (χ2v) is 4.87. The Bertz CT molecular complexity index is 373. The summed E-state index contributed by atoms with van der Waals surface area (Å²) in [5.41, 5.74) is 0. The van der Waals surface area contributed by atoms with Crippen molar-refractivity contribution in [1.82, 2.24) is 9.97 Å². The van der Waals surface area contributed by atoms with E-state index < -0.39 is 0 Å². The van der Waals surface area contributed by atoms with Gasteiger partial charge >= 0.3 is 0 Å². The number of hydrogen-bond acceptors (Lipinski definition) is 4. The van der Waals surface area contributed by atoms with E-state index in [2.05, 4.69) is 30.8 Å². The minimum atomic E-state index is 0.546. The van der Waals surface area contributed by atoms with Crippen LogP contribution in [0, 0.1) is 0 Å². The van der Waals surface area contributed by atoms with Gasteiger partial charge in [-0.15, -0.1) is 11.6 Å². The number of alkyl halides is 1. The number of rotatable bonds is 5. The summed E-state index contributed by atoms with van der Waals surface area (Å²) in [6, 6.07) is 0.546. The molecular weight excluding hydrogens is 293 g/mol. The summed E-state index contributed by atoms with van der Waals surface area (Å²) in [6.07, 6.45) is 4.10. The van der Waals surface area contributed by atoms with Gasteiger partial charge < -0.3 is 9.64 Å². The fourth-order valence-electron chi connectivity index (χ4n) is 1.55. The molecule has 1 heterocycles. The van der Waals surface area contributed by atoms with Crippen LogP contribution in [0.25, 0.3) is 0 Å². The second-order valence-electron chi connectivity index (χ2n) is 3.64. The van der Waals surface area contributed by atoms with Crippen molar-refractivity contribution < 1.29 is 4.74 Å². The molecule has 1 saturated carbocycles. The van der Waals surface area contributed by atoms with E-state index in [0.717, 1.165) is 11.0 Å². The highest BCUT2D eigenvalue weighted by atomic mass is 79.9. The fraction of sp³-hybridized carbons (Fsp3) is 0.600. The molecule has 0 aliphatic heterocycles. The quantitative estimate of drug-likeness (QED) is 0.783. The van der Waals surface area contributed by atoms with Gasteiger partial charge in [0.15, 0.2) is 0 Å². The van der Waals surface area contributed by atoms with E-state index in [-0.39, 0.29) is 0 Å². The molecule has 1 aliphatic carbocycles. The Morgan fingerprint density at radius 1 is 1.62 bits per heavy atom. The lowest BCUT2D eigenvalue weighted by Crippen LogP contribution is -2.29. The summed E-state index contributed by atoms with van der Waals surface area (Å²) in [5, 5.41) is 0. The molecule has 0 radical (unpaired) electrons. The van der Waals surface area contributed by atoms with Gasteiger partial charge in [0, 0.05) is 18.5 Å². The number of anilines is 1. The molecule has 2 rings (SSSR count). The Morgan fingerprint density at radius 2 is 2.38 bits per heavy atom. The van der Waals surface area contributed by atoms with Crippen LogP contribution in [0.3, 0.4) is 0 Å². The smallest absolute Gasteiger partial charge is 0.232 e. The molecule has 0 amide bonds. The molecule has 0 N–H and O–H groups in total. The number of halogens is 2. The molecule has 0 aromatic carbocycles. The summed E-state index contributed by atoms with van der Waals surface area (Å²) < 4.78 is 5.92. The Morgan fingerprint density at radius 3 is 2.94 bits per heavy atom. The molecule has 88 valence electrons. The first-order chi connectivity index (χ1) is 7.76. The highest BCUT2D eigenvalue weighted by molar-refractivity contribution is 9.10. The first-order valence-electron chi connectivity index (χ1n) is 5.15. The summed E-state index contributed by atoms with van der Waals surface area (Å²) in [6.45, 7) is 0.775. The second kappa shape index (κ2) is 5.19. The van der Waals surface area contributed by atoms with Gasteiger partial charge in [0.05, 0.1) is 17.8 Å². The van der Waals surface area contributed by atoms with E-state index in [1.54, 1.807) is 13.3 Å². The van der Waals surface area contributed by atoms with Crippen LogP contribution >= 0.6 is 27.5 Å². The van der Waals surface area contributed by atoms with Gasteiger partial charge in [-0.1, -0.05) is 0 Å². The Balaban J connectivity index is 2.23. The number of aromatic nitrogens is 2. The van der Waals surface area contributed by atoms with Gasteiger partial charge in [0.1, 0.15) is 0 Å². The van der Waals surface area contributed by atoms with Crippen molar-refractivity contribution in [1.29, 1.82) is 0 Å². The van der Waals surface area contributed by atoms with Crippen LogP contribution in [0.4, 0.5) is 5.95 Å². The zero-order valence-corrected chi connectivity index (χ0v) is 11.3. The maximum absolute atomic E-state index is 5.79. The average Bonchev–Trinajstić information content (AvgIpc) is 3.11. The van der Waals surface area contributed by atoms with Crippen LogP contribution < -0.4 is 9.64 Å². The highest BCUT2D eigenvalue weighted by Gasteiger charge is 2.30. The Labute approximate surface area is 108 Å². The molecular formula is C10H13BrClN3O. The fourth-order valence-corrected chi connectivity index (χ4v) is 2.08. The molecule has 16 heavy (non-hydrogen) atoms. The molecule has 0 saturated heterocycles. The summed E-state index contributed by atoms with van der Waals surface area (Å²) in [5.74, 6) is 1.84. The lowest BCUT2D eigenvalue weighted by atomic mass is 10.5. The molecule has 4 nitrogen and oxygen atoms in total. The predicted octanol–water partition coefficient (Wildman–Crippen LogP) is 2.46. The molecule has 1 aliphatic rings. The molecule has 1 aromatic rings. The number of nitrogens with zero attached hydrogens (tertiary/aromatic N) is 3. The first kappa shape index (κ1) is 11.9. The van der Waals surface area contributed by atoms with Crippen LogP contribution in [-0.2, 0) is 0 Å². The maximum Gasteiger partial charge on any atom is 0.232 e. The van der Waals surface area contributed by atoms with Gasteiger partial charge in [0.2, 0.25) is 11.8 Å². The maximum atomic E-state index is 5.79. The summed E-state index contributed by atoms with van der Waals surface area (Å²) in [7, 11) is 1.60. The van der Waals surface area contributed by atoms with Gasteiger partial charge in [-0.2, -0.15) is 4.98 Å². The van der Waals surface area contributed by atoms with Gasteiger partial charge in [-0.25, -0.2) is 4.98 Å². The molecule has 1 aromatic heterocycles. The van der Waals surface area contributed by atoms with Crippen molar-refractivity contribution in [3.8, 4) is 5.88 Å². The molecule has 1 fully saturated rings. The van der Waals surface area contributed by atoms with Gasteiger partial charge in [-0.3, -0.25) is 0 Å². The zero-order chi connectivity index (χ0) is 11.5. The number of ether oxygens (including phenoxy) is 1. The van der Waals surface area contributed by atoms with Crippen LogP contribution in [0.5, 0.6) is 5.88 Å². The Hall–Kier alpha value is -0.550. The average molecular weight is 307 g/mol. The van der Waals surface area contributed by atoms with Gasteiger partial charge in [0.25, 0.3) is 0 Å². The van der Waals surface area contributed by atoms with Crippen molar-refractivity contribution in [2.75, 3.05) is 24.4 Å². The van der Waals surface area contributed by atoms with Crippen molar-refractivity contribution in [2.45, 2.75) is 18.9 Å². The van der Waals surface area contributed by atoms with Crippen LogP contribution in [0.2, 0.25) is 0 Å². The third kappa shape index (κ3) is 2.58. The number of hydrogen-bond donors (Lipinski definition) is 0. The van der Waals surface area contributed by atoms with Crippen LogP contribution in [0.1, 0.15) is 12.8 Å². The lowest BCUT2D eigenvalue weighted by molar-refractivity contribution is 0.393. The van der Waals surface area contributed by atoms with Crippen molar-refractivity contribution >= 4 is 33.5 Å². The molecule has 0 bridgehead atoms. The topological polar surface area (TPSA) is 38.2 Å². The summed E-state index contributed by atoms with van der Waals surface area (Å²) >= 11 is 9.12. The largest absolute Gasteiger partial charge is 0.480 e. The first-order valence-corrected chi connectivity index (χ1v) is 6.48. The highest BCUT2D eigenvalue weighted by Crippen LogP contribution is 2.31. The van der Waals surface area contributed by atoms with Crippen LogP contribution in [-0.4, -0.2) is 35.5 Å². The van der Waals surface area contributed by atoms with E-state index in [4.69, 9.17) is 16.3 Å². The molecule has 0 atom stereocenters. The molecule has 0 unspecified atom stereocenters. The Kier molecular flexibility index (Phi) is 3.86. The summed E-state index contributed by atoms with van der Waals surface area (Å²) in [4.78, 5) is 10.8. The zero-order valence-electron chi connectivity index (χ0n) is 8.99. The third-order valence-electron chi connectivity index (χ3n) is 2.46. The monoisotopic (exact) mass is 305 g/mol. The van der Waals surface area contributed by atoms with E-state index in [1.165, 1.54) is 12.8 Å². The van der Waals surface area contributed by atoms with Crippen molar-refractivity contribution in [3.63, 3.8) is 0 Å². The molecule has 0 spiro atoms. The standard InChI is InChI=1S/C10H13BrClN3O/c1-16-9-8(11)6-13-10(14-9)15(5-4-12)7-2-3-7/h6-7H,2-5H2,1H3. The SMILES string of the molecule is COc1nc(N(CCCl)C2CC2)ncc1Br.